The Morgan fingerprint density at radius 1 is 1.44 bits per heavy atom. The predicted molar refractivity (Wildman–Crippen MR) is 65.2 cm³/mol. The lowest BCUT2D eigenvalue weighted by Gasteiger charge is -2.29. The molecule has 0 aromatic heterocycles. The van der Waals surface area contributed by atoms with Gasteiger partial charge in [0.05, 0.1) is 5.54 Å². The van der Waals surface area contributed by atoms with Crippen LogP contribution in [-0.4, -0.2) is 24.5 Å². The van der Waals surface area contributed by atoms with Crippen LogP contribution >= 0.6 is 0 Å². The van der Waals surface area contributed by atoms with Crippen LogP contribution in [-0.2, 0) is 4.79 Å². The lowest BCUT2D eigenvalue weighted by Crippen LogP contribution is -2.53. The van der Waals surface area contributed by atoms with E-state index in [2.05, 4.69) is 17.6 Å². The van der Waals surface area contributed by atoms with Gasteiger partial charge in [-0.15, -0.1) is 0 Å². The Bertz CT molecular complexity index is 242. The first-order valence-corrected chi connectivity index (χ1v) is 6.80. The molecule has 1 saturated heterocycles. The van der Waals surface area contributed by atoms with Crippen LogP contribution in [0.25, 0.3) is 0 Å². The van der Waals surface area contributed by atoms with Gasteiger partial charge >= 0.3 is 0 Å². The molecule has 0 bridgehead atoms. The molecule has 1 aliphatic heterocycles. The highest BCUT2D eigenvalue weighted by atomic mass is 16.2. The Balaban J connectivity index is 1.72. The first kappa shape index (κ1) is 11.9. The second-order valence-electron chi connectivity index (χ2n) is 5.31. The van der Waals surface area contributed by atoms with Gasteiger partial charge in [-0.3, -0.25) is 4.79 Å². The minimum Gasteiger partial charge on any atom is -0.354 e. The maximum absolute atomic E-state index is 12.1. The van der Waals surface area contributed by atoms with Gasteiger partial charge in [0.2, 0.25) is 5.91 Å². The predicted octanol–water partition coefficient (Wildman–Crippen LogP) is 1.82. The summed E-state index contributed by atoms with van der Waals surface area (Å²) < 4.78 is 0. The van der Waals surface area contributed by atoms with Crippen LogP contribution in [0.15, 0.2) is 0 Å². The summed E-state index contributed by atoms with van der Waals surface area (Å²) in [4.78, 5) is 12.1. The van der Waals surface area contributed by atoms with Crippen LogP contribution in [0.1, 0.15) is 51.9 Å². The van der Waals surface area contributed by atoms with Crippen LogP contribution in [0.2, 0.25) is 0 Å². The van der Waals surface area contributed by atoms with Crippen molar-refractivity contribution in [1.82, 2.24) is 10.6 Å². The summed E-state index contributed by atoms with van der Waals surface area (Å²) in [7, 11) is 0. The molecule has 1 amide bonds. The molecule has 1 unspecified atom stereocenters. The van der Waals surface area contributed by atoms with Gasteiger partial charge < -0.3 is 10.6 Å². The van der Waals surface area contributed by atoms with Crippen LogP contribution in [0.4, 0.5) is 0 Å². The average Bonchev–Trinajstić information content (AvgIpc) is 2.71. The highest BCUT2D eigenvalue weighted by Crippen LogP contribution is 2.29. The summed E-state index contributed by atoms with van der Waals surface area (Å²) in [5, 5.41) is 6.49. The molecule has 1 atom stereocenters. The molecule has 0 aromatic carbocycles. The van der Waals surface area contributed by atoms with Gasteiger partial charge in [0, 0.05) is 6.54 Å². The zero-order valence-corrected chi connectivity index (χ0v) is 10.3. The number of nitrogens with one attached hydrogen (secondary N) is 2. The second-order valence-corrected chi connectivity index (χ2v) is 5.31. The summed E-state index contributed by atoms with van der Waals surface area (Å²) in [5.41, 5.74) is -0.250. The number of rotatable bonds is 5. The highest BCUT2D eigenvalue weighted by molar-refractivity contribution is 5.86. The zero-order valence-electron chi connectivity index (χ0n) is 10.3. The fourth-order valence-electron chi connectivity index (χ4n) is 2.80. The van der Waals surface area contributed by atoms with Crippen LogP contribution in [0, 0.1) is 5.92 Å². The van der Waals surface area contributed by atoms with E-state index < -0.39 is 0 Å². The topological polar surface area (TPSA) is 41.1 Å². The van der Waals surface area contributed by atoms with Crippen LogP contribution < -0.4 is 10.6 Å². The zero-order chi connectivity index (χ0) is 11.4. The normalized spacial score (nSPS) is 30.1. The molecule has 1 saturated carbocycles. The molecule has 0 radical (unpaired) electrons. The Kier molecular flexibility index (Phi) is 3.85. The SMILES string of the molecule is CCC1(C(=O)NCCC2CCC2)CCCN1. The van der Waals surface area contributed by atoms with Crippen molar-refractivity contribution in [1.29, 1.82) is 0 Å². The van der Waals surface area contributed by atoms with Gasteiger partial charge in [-0.1, -0.05) is 26.2 Å². The minimum atomic E-state index is -0.250. The summed E-state index contributed by atoms with van der Waals surface area (Å²) in [5.74, 6) is 1.11. The largest absolute Gasteiger partial charge is 0.354 e. The molecule has 2 aliphatic rings. The summed E-state index contributed by atoms with van der Waals surface area (Å²) in [6.07, 6.45) is 8.33. The van der Waals surface area contributed by atoms with E-state index in [9.17, 15) is 4.79 Å². The van der Waals surface area contributed by atoms with E-state index in [1.807, 2.05) is 0 Å². The van der Waals surface area contributed by atoms with Gasteiger partial charge in [-0.2, -0.15) is 0 Å². The third kappa shape index (κ3) is 2.40. The number of carbonyl (C=O) groups excluding carboxylic acids is 1. The number of hydrogen-bond acceptors (Lipinski definition) is 2. The van der Waals surface area contributed by atoms with Crippen molar-refractivity contribution in [3.8, 4) is 0 Å². The van der Waals surface area contributed by atoms with Crippen molar-refractivity contribution >= 4 is 5.91 Å². The molecule has 3 heteroatoms. The van der Waals surface area contributed by atoms with Crippen molar-refractivity contribution in [3.63, 3.8) is 0 Å². The van der Waals surface area contributed by atoms with Gasteiger partial charge in [0.25, 0.3) is 0 Å². The van der Waals surface area contributed by atoms with Crippen LogP contribution in [0.3, 0.4) is 0 Å². The Morgan fingerprint density at radius 2 is 2.25 bits per heavy atom. The van der Waals surface area contributed by atoms with Crippen molar-refractivity contribution in [2.24, 2.45) is 5.92 Å². The molecule has 2 fully saturated rings. The quantitative estimate of drug-likeness (QED) is 0.748. The molecule has 2 rings (SSSR count). The van der Waals surface area contributed by atoms with E-state index in [-0.39, 0.29) is 11.4 Å². The fourth-order valence-corrected chi connectivity index (χ4v) is 2.80. The van der Waals surface area contributed by atoms with Gasteiger partial charge in [-0.25, -0.2) is 0 Å². The molecular formula is C13H24N2O. The molecular weight excluding hydrogens is 200 g/mol. The van der Waals surface area contributed by atoms with E-state index >= 15 is 0 Å². The van der Waals surface area contributed by atoms with Crippen LogP contribution in [0.5, 0.6) is 0 Å². The number of amides is 1. The fraction of sp³-hybridized carbons (Fsp3) is 0.923. The highest BCUT2D eigenvalue weighted by Gasteiger charge is 2.38. The van der Waals surface area contributed by atoms with Crippen molar-refractivity contribution in [2.45, 2.75) is 57.4 Å². The maximum atomic E-state index is 12.1. The third-order valence-corrected chi connectivity index (χ3v) is 4.34. The summed E-state index contributed by atoms with van der Waals surface area (Å²) in [6, 6.07) is 0. The molecule has 92 valence electrons. The molecule has 1 heterocycles. The molecule has 3 nitrogen and oxygen atoms in total. The van der Waals surface area contributed by atoms with Crippen molar-refractivity contribution in [2.75, 3.05) is 13.1 Å². The Labute approximate surface area is 98.4 Å². The Morgan fingerprint density at radius 3 is 2.75 bits per heavy atom. The second kappa shape index (κ2) is 5.17. The first-order chi connectivity index (χ1) is 7.77. The Hall–Kier alpha value is -0.570. The number of hydrogen-bond donors (Lipinski definition) is 2. The molecule has 0 spiro atoms. The third-order valence-electron chi connectivity index (χ3n) is 4.34. The maximum Gasteiger partial charge on any atom is 0.240 e. The smallest absolute Gasteiger partial charge is 0.240 e. The number of carbonyl (C=O) groups is 1. The van der Waals surface area contributed by atoms with Gasteiger partial charge in [-0.05, 0) is 38.1 Å². The van der Waals surface area contributed by atoms with E-state index in [1.54, 1.807) is 0 Å². The average molecular weight is 224 g/mol. The molecule has 16 heavy (non-hydrogen) atoms. The lowest BCUT2D eigenvalue weighted by atomic mass is 9.83. The monoisotopic (exact) mass is 224 g/mol. The first-order valence-electron chi connectivity index (χ1n) is 6.80. The van der Waals surface area contributed by atoms with E-state index in [1.165, 1.54) is 25.7 Å². The molecule has 2 N–H and O–H groups in total. The molecule has 0 aromatic rings. The minimum absolute atomic E-state index is 0.229. The van der Waals surface area contributed by atoms with Gasteiger partial charge in [0.15, 0.2) is 0 Å². The molecule has 1 aliphatic carbocycles. The van der Waals surface area contributed by atoms with E-state index in [4.69, 9.17) is 0 Å². The van der Waals surface area contributed by atoms with E-state index in [0.29, 0.717) is 0 Å². The van der Waals surface area contributed by atoms with Crippen molar-refractivity contribution in [3.05, 3.63) is 0 Å². The lowest BCUT2D eigenvalue weighted by molar-refractivity contribution is -0.127. The van der Waals surface area contributed by atoms with Gasteiger partial charge in [0.1, 0.15) is 0 Å². The summed E-state index contributed by atoms with van der Waals surface area (Å²) >= 11 is 0. The van der Waals surface area contributed by atoms with E-state index in [0.717, 1.165) is 38.3 Å². The summed E-state index contributed by atoms with van der Waals surface area (Å²) in [6.45, 7) is 3.96. The standard InChI is InChI=1S/C13H24N2O/c1-2-13(8-4-9-15-13)12(16)14-10-7-11-5-3-6-11/h11,15H,2-10H2,1H3,(H,14,16). The van der Waals surface area contributed by atoms with Crippen molar-refractivity contribution < 1.29 is 4.79 Å².